The highest BCUT2D eigenvalue weighted by Crippen LogP contribution is 2.06. The maximum atomic E-state index is 12.2. The molecule has 0 aliphatic carbocycles. The molecule has 2 heterocycles. The summed E-state index contributed by atoms with van der Waals surface area (Å²) in [6, 6.07) is 0. The number of carbonyl (C=O) groups excluding carboxylic acids is 2. The third-order valence-electron chi connectivity index (χ3n) is 3.07. The molecule has 24 heavy (non-hydrogen) atoms. The highest BCUT2D eigenvalue weighted by Gasteiger charge is 2.21. The lowest BCUT2D eigenvalue weighted by Crippen LogP contribution is -2.37. The molecule has 0 unspecified atom stereocenters. The van der Waals surface area contributed by atoms with Gasteiger partial charge in [-0.15, -0.1) is 0 Å². The maximum Gasteiger partial charge on any atom is 0.358 e. The second-order valence-corrected chi connectivity index (χ2v) is 4.76. The van der Waals surface area contributed by atoms with Crippen LogP contribution in [0.5, 0.6) is 0 Å². The zero-order chi connectivity index (χ0) is 17.7. The fourth-order valence-corrected chi connectivity index (χ4v) is 1.98. The number of nitrogens with zero attached hydrogens (tertiary/aromatic N) is 3. The monoisotopic (exact) mass is 333 g/mol. The molecule has 0 saturated heterocycles. The summed E-state index contributed by atoms with van der Waals surface area (Å²) in [5.41, 5.74) is 3.62. The van der Waals surface area contributed by atoms with Crippen molar-refractivity contribution in [2.45, 2.75) is 19.9 Å². The lowest BCUT2D eigenvalue weighted by Gasteiger charge is -2.11. The van der Waals surface area contributed by atoms with Gasteiger partial charge < -0.3 is 10.5 Å². The number of aromatic nitrogens is 4. The van der Waals surface area contributed by atoms with Crippen molar-refractivity contribution in [3.05, 3.63) is 50.7 Å². The van der Waals surface area contributed by atoms with E-state index in [1.807, 2.05) is 4.98 Å². The number of anilines is 1. The third-order valence-corrected chi connectivity index (χ3v) is 3.07. The van der Waals surface area contributed by atoms with Crippen molar-refractivity contribution >= 4 is 17.6 Å². The number of nitrogens with two attached hydrogens (primary N) is 1. The van der Waals surface area contributed by atoms with Crippen LogP contribution in [0.25, 0.3) is 0 Å². The Balaban J connectivity index is 2.21. The molecule has 0 saturated carbocycles. The molecule has 0 bridgehead atoms. The number of Topliss-reactive ketones (excluding diaryl/α,β-unsaturated/α-hetero) is 1. The second kappa shape index (κ2) is 7.31. The Hall–Kier alpha value is -3.30. The SMILES string of the molecule is CCCn1c(N)c(C(=O)COC(=O)c2cnccn2)c(=O)[nH]c1=O. The van der Waals surface area contributed by atoms with Crippen LogP contribution in [0.3, 0.4) is 0 Å². The van der Waals surface area contributed by atoms with Gasteiger partial charge in [-0.3, -0.25) is 24.1 Å². The molecule has 2 rings (SSSR count). The molecule has 126 valence electrons. The Kier molecular flexibility index (Phi) is 5.20. The molecule has 10 nitrogen and oxygen atoms in total. The zero-order valence-corrected chi connectivity index (χ0v) is 12.8. The average molecular weight is 333 g/mol. The normalized spacial score (nSPS) is 10.4. The Morgan fingerprint density at radius 3 is 2.71 bits per heavy atom. The highest BCUT2D eigenvalue weighted by atomic mass is 16.5. The van der Waals surface area contributed by atoms with E-state index < -0.39 is 35.2 Å². The van der Waals surface area contributed by atoms with Crippen LogP contribution in [0.2, 0.25) is 0 Å². The Morgan fingerprint density at radius 1 is 1.33 bits per heavy atom. The molecular weight excluding hydrogens is 318 g/mol. The topological polar surface area (TPSA) is 150 Å². The fraction of sp³-hybridized carbons (Fsp3) is 0.286. The minimum atomic E-state index is -0.926. The van der Waals surface area contributed by atoms with Gasteiger partial charge in [-0.2, -0.15) is 0 Å². The molecule has 0 aromatic carbocycles. The van der Waals surface area contributed by atoms with E-state index in [0.29, 0.717) is 6.42 Å². The van der Waals surface area contributed by atoms with Crippen molar-refractivity contribution < 1.29 is 14.3 Å². The van der Waals surface area contributed by atoms with Crippen molar-refractivity contribution in [2.75, 3.05) is 12.3 Å². The number of nitrogens with one attached hydrogen (secondary N) is 1. The molecular formula is C14H15N5O5. The van der Waals surface area contributed by atoms with Gasteiger partial charge in [0, 0.05) is 18.9 Å². The van der Waals surface area contributed by atoms with Gasteiger partial charge in [-0.1, -0.05) is 6.92 Å². The van der Waals surface area contributed by atoms with E-state index in [4.69, 9.17) is 10.5 Å². The lowest BCUT2D eigenvalue weighted by atomic mass is 10.2. The van der Waals surface area contributed by atoms with Crippen LogP contribution in [0.4, 0.5) is 5.82 Å². The van der Waals surface area contributed by atoms with E-state index in [1.54, 1.807) is 6.92 Å². The minimum Gasteiger partial charge on any atom is -0.453 e. The number of nitrogen functional groups attached to an aromatic ring is 1. The molecule has 2 aromatic rings. The molecule has 10 heteroatoms. The molecule has 0 fully saturated rings. The van der Waals surface area contributed by atoms with Gasteiger partial charge in [0.15, 0.2) is 12.3 Å². The average Bonchev–Trinajstić information content (AvgIpc) is 2.57. The number of ether oxygens (including phenoxy) is 1. The first-order chi connectivity index (χ1) is 11.5. The van der Waals surface area contributed by atoms with Crippen molar-refractivity contribution in [3.63, 3.8) is 0 Å². The minimum absolute atomic E-state index is 0.0804. The Morgan fingerprint density at radius 2 is 2.08 bits per heavy atom. The van der Waals surface area contributed by atoms with Crippen LogP contribution < -0.4 is 17.0 Å². The third kappa shape index (κ3) is 3.54. The molecule has 3 N–H and O–H groups in total. The summed E-state index contributed by atoms with van der Waals surface area (Å²) in [6.45, 7) is 1.33. The molecule has 2 aromatic heterocycles. The first-order valence-corrected chi connectivity index (χ1v) is 7.04. The number of H-pyrrole nitrogens is 1. The predicted octanol–water partition coefficient (Wildman–Crippen LogP) is -0.641. The van der Waals surface area contributed by atoms with E-state index in [1.165, 1.54) is 18.6 Å². The van der Waals surface area contributed by atoms with Gasteiger partial charge in [-0.05, 0) is 6.42 Å². The van der Waals surface area contributed by atoms with Crippen LogP contribution >= 0.6 is 0 Å². The highest BCUT2D eigenvalue weighted by molar-refractivity contribution is 6.01. The molecule has 0 amide bonds. The first kappa shape index (κ1) is 17.1. The number of carbonyl (C=O) groups is 2. The molecule has 0 aliphatic heterocycles. The predicted molar refractivity (Wildman–Crippen MR) is 82.7 cm³/mol. The maximum absolute atomic E-state index is 12.2. The number of rotatable bonds is 6. The summed E-state index contributed by atoms with van der Waals surface area (Å²) in [5.74, 6) is -1.95. The number of ketones is 1. The standard InChI is InChI=1S/C14H15N5O5/c1-2-5-19-11(15)10(12(21)18-14(19)23)9(20)7-24-13(22)8-6-16-3-4-17-8/h3-4,6H,2,5,7,15H2,1H3,(H,18,21,23). The van der Waals surface area contributed by atoms with Gasteiger partial charge in [-0.25, -0.2) is 14.6 Å². The van der Waals surface area contributed by atoms with Crippen LogP contribution in [-0.2, 0) is 11.3 Å². The summed E-state index contributed by atoms with van der Waals surface area (Å²) < 4.78 is 5.88. The van der Waals surface area contributed by atoms with Gasteiger partial charge in [0.2, 0.25) is 5.78 Å². The summed E-state index contributed by atoms with van der Waals surface area (Å²) in [6.07, 6.45) is 4.42. The molecule has 0 atom stereocenters. The quantitative estimate of drug-likeness (QED) is 0.523. The summed E-state index contributed by atoms with van der Waals surface area (Å²) in [7, 11) is 0. The van der Waals surface area contributed by atoms with Gasteiger partial charge in [0.25, 0.3) is 5.56 Å². The summed E-state index contributed by atoms with van der Waals surface area (Å²) in [5, 5.41) is 0. The summed E-state index contributed by atoms with van der Waals surface area (Å²) >= 11 is 0. The molecule has 0 radical (unpaired) electrons. The van der Waals surface area contributed by atoms with Crippen molar-refractivity contribution in [3.8, 4) is 0 Å². The van der Waals surface area contributed by atoms with Gasteiger partial charge in [0.05, 0.1) is 6.20 Å². The molecule has 0 spiro atoms. The van der Waals surface area contributed by atoms with E-state index in [0.717, 1.165) is 4.57 Å². The lowest BCUT2D eigenvalue weighted by molar-refractivity contribution is 0.0468. The number of esters is 1. The summed E-state index contributed by atoms with van der Waals surface area (Å²) in [4.78, 5) is 56.9. The zero-order valence-electron chi connectivity index (χ0n) is 12.8. The van der Waals surface area contributed by atoms with E-state index in [9.17, 15) is 19.2 Å². The van der Waals surface area contributed by atoms with Gasteiger partial charge >= 0.3 is 11.7 Å². The van der Waals surface area contributed by atoms with Crippen LogP contribution in [0, 0.1) is 0 Å². The number of hydrogen-bond acceptors (Lipinski definition) is 8. The second-order valence-electron chi connectivity index (χ2n) is 4.76. The smallest absolute Gasteiger partial charge is 0.358 e. The van der Waals surface area contributed by atoms with Crippen LogP contribution in [-0.4, -0.2) is 37.9 Å². The van der Waals surface area contributed by atoms with E-state index in [2.05, 4.69) is 9.97 Å². The molecule has 0 aliphatic rings. The van der Waals surface area contributed by atoms with Gasteiger partial charge in [0.1, 0.15) is 11.4 Å². The van der Waals surface area contributed by atoms with Crippen LogP contribution in [0.15, 0.2) is 28.2 Å². The number of hydrogen-bond donors (Lipinski definition) is 2. The van der Waals surface area contributed by atoms with E-state index in [-0.39, 0.29) is 18.1 Å². The van der Waals surface area contributed by atoms with Crippen LogP contribution in [0.1, 0.15) is 34.2 Å². The van der Waals surface area contributed by atoms with E-state index >= 15 is 0 Å². The van der Waals surface area contributed by atoms with Crippen molar-refractivity contribution in [2.24, 2.45) is 0 Å². The fourth-order valence-electron chi connectivity index (χ4n) is 1.98. The largest absolute Gasteiger partial charge is 0.453 e. The first-order valence-electron chi connectivity index (χ1n) is 7.04. The van der Waals surface area contributed by atoms with Crippen molar-refractivity contribution in [1.29, 1.82) is 0 Å². The Labute approximate surface area is 135 Å². The van der Waals surface area contributed by atoms with Crippen molar-refractivity contribution in [1.82, 2.24) is 19.5 Å². The Bertz CT molecular complexity index is 871. The number of aromatic amines is 1.